The van der Waals surface area contributed by atoms with Gasteiger partial charge in [0, 0.05) is 17.0 Å². The van der Waals surface area contributed by atoms with E-state index in [1.165, 1.54) is 31.3 Å². The molecule has 13 heavy (non-hydrogen) atoms. The topological polar surface area (TPSA) is 26.0 Å². The van der Waals surface area contributed by atoms with Crippen LogP contribution in [0, 0.1) is 0 Å². The lowest BCUT2D eigenvalue weighted by molar-refractivity contribution is 0.739. The van der Waals surface area contributed by atoms with E-state index in [2.05, 4.69) is 25.3 Å². The molecule has 0 bridgehead atoms. The Labute approximate surface area is 86.2 Å². The van der Waals surface area contributed by atoms with Gasteiger partial charge in [0.25, 0.3) is 0 Å². The van der Waals surface area contributed by atoms with Crippen molar-refractivity contribution in [2.45, 2.75) is 50.3 Å². The van der Waals surface area contributed by atoms with Crippen LogP contribution in [-0.4, -0.2) is 17.0 Å². The maximum absolute atomic E-state index is 5.97. The maximum atomic E-state index is 5.97. The monoisotopic (exact) mass is 199 g/mol. The van der Waals surface area contributed by atoms with E-state index >= 15 is 0 Å². The van der Waals surface area contributed by atoms with Crippen molar-refractivity contribution in [2.75, 3.05) is 5.75 Å². The highest BCUT2D eigenvalue weighted by Crippen LogP contribution is 2.29. The van der Waals surface area contributed by atoms with Gasteiger partial charge in [-0.2, -0.15) is 11.8 Å². The fourth-order valence-corrected chi connectivity index (χ4v) is 3.13. The van der Waals surface area contributed by atoms with Crippen LogP contribution < -0.4 is 5.73 Å². The number of hydrogen-bond acceptors (Lipinski definition) is 2. The van der Waals surface area contributed by atoms with Gasteiger partial charge in [0.15, 0.2) is 0 Å². The van der Waals surface area contributed by atoms with Crippen molar-refractivity contribution in [3.8, 4) is 0 Å². The van der Waals surface area contributed by atoms with E-state index in [0.717, 1.165) is 17.4 Å². The van der Waals surface area contributed by atoms with Gasteiger partial charge in [-0.25, -0.2) is 0 Å². The zero-order valence-corrected chi connectivity index (χ0v) is 9.41. The van der Waals surface area contributed by atoms with E-state index in [9.17, 15) is 0 Å². The third-order valence-electron chi connectivity index (χ3n) is 2.46. The summed E-state index contributed by atoms with van der Waals surface area (Å²) in [4.78, 5) is 0. The number of nitrogens with two attached hydrogens (primary N) is 1. The van der Waals surface area contributed by atoms with Gasteiger partial charge in [0.05, 0.1) is 0 Å². The molecule has 76 valence electrons. The van der Waals surface area contributed by atoms with Gasteiger partial charge in [0.2, 0.25) is 0 Å². The lowest BCUT2D eigenvalue weighted by Crippen LogP contribution is -2.24. The standard InChI is InChI=1S/C11H21NS/c1-9(2)7-10(12)8-13-11-5-3-4-6-11/h10-11H,1,3-8,12H2,2H3. The van der Waals surface area contributed by atoms with Crippen LogP contribution in [0.1, 0.15) is 39.0 Å². The van der Waals surface area contributed by atoms with Crippen molar-refractivity contribution < 1.29 is 0 Å². The summed E-state index contributed by atoms with van der Waals surface area (Å²) in [5.74, 6) is 1.11. The summed E-state index contributed by atoms with van der Waals surface area (Å²) in [5, 5.41) is 0.899. The van der Waals surface area contributed by atoms with Crippen LogP contribution in [0.15, 0.2) is 12.2 Å². The van der Waals surface area contributed by atoms with Gasteiger partial charge in [-0.05, 0) is 26.2 Å². The Hall–Kier alpha value is 0.0500. The summed E-state index contributed by atoms with van der Waals surface area (Å²) in [6.07, 6.45) is 6.65. The summed E-state index contributed by atoms with van der Waals surface area (Å²) in [5.41, 5.74) is 7.18. The van der Waals surface area contributed by atoms with Gasteiger partial charge < -0.3 is 5.73 Å². The molecule has 0 aromatic rings. The third-order valence-corrected chi connectivity index (χ3v) is 4.02. The predicted octanol–water partition coefficient (Wildman–Crippen LogP) is 2.96. The summed E-state index contributed by atoms with van der Waals surface area (Å²) in [7, 11) is 0. The molecule has 1 unspecified atom stereocenters. The third kappa shape index (κ3) is 4.72. The van der Waals surface area contributed by atoms with E-state index in [-0.39, 0.29) is 0 Å². The van der Waals surface area contributed by atoms with Crippen molar-refractivity contribution in [3.63, 3.8) is 0 Å². The molecule has 0 aliphatic heterocycles. The Balaban J connectivity index is 2.06. The van der Waals surface area contributed by atoms with Gasteiger partial charge in [-0.15, -0.1) is 6.58 Å². The Kier molecular flexibility index (Phi) is 4.89. The van der Waals surface area contributed by atoms with E-state index in [1.54, 1.807) is 0 Å². The van der Waals surface area contributed by atoms with Crippen LogP contribution in [-0.2, 0) is 0 Å². The molecule has 2 N–H and O–H groups in total. The van der Waals surface area contributed by atoms with E-state index < -0.39 is 0 Å². The normalized spacial score (nSPS) is 20.5. The van der Waals surface area contributed by atoms with Crippen molar-refractivity contribution in [1.29, 1.82) is 0 Å². The molecule has 1 nitrogen and oxygen atoms in total. The molecule has 0 heterocycles. The van der Waals surface area contributed by atoms with Crippen LogP contribution in [0.2, 0.25) is 0 Å². The van der Waals surface area contributed by atoms with Gasteiger partial charge in [0.1, 0.15) is 0 Å². The first-order chi connectivity index (χ1) is 6.18. The zero-order chi connectivity index (χ0) is 9.68. The molecule has 1 rings (SSSR count). The highest BCUT2D eigenvalue weighted by Gasteiger charge is 2.16. The van der Waals surface area contributed by atoms with Crippen LogP contribution in [0.4, 0.5) is 0 Å². The van der Waals surface area contributed by atoms with Crippen LogP contribution in [0.3, 0.4) is 0 Å². The molecule has 1 saturated carbocycles. The lowest BCUT2D eigenvalue weighted by Gasteiger charge is -2.14. The smallest absolute Gasteiger partial charge is 0.0167 e. The molecule has 1 aliphatic carbocycles. The van der Waals surface area contributed by atoms with Gasteiger partial charge >= 0.3 is 0 Å². The van der Waals surface area contributed by atoms with Gasteiger partial charge in [-0.1, -0.05) is 18.4 Å². The lowest BCUT2D eigenvalue weighted by atomic mass is 10.1. The minimum Gasteiger partial charge on any atom is -0.327 e. The predicted molar refractivity (Wildman–Crippen MR) is 62.1 cm³/mol. The average Bonchev–Trinajstić information content (AvgIpc) is 2.51. The summed E-state index contributed by atoms with van der Waals surface area (Å²) < 4.78 is 0. The van der Waals surface area contributed by atoms with Crippen molar-refractivity contribution in [2.24, 2.45) is 5.73 Å². The Bertz CT molecular complexity index is 161. The van der Waals surface area contributed by atoms with Crippen molar-refractivity contribution in [1.82, 2.24) is 0 Å². The molecular formula is C11H21NS. The molecular weight excluding hydrogens is 178 g/mol. The molecule has 2 heteroatoms. The molecule has 0 amide bonds. The molecule has 0 aromatic heterocycles. The Morgan fingerprint density at radius 2 is 2.15 bits per heavy atom. The van der Waals surface area contributed by atoms with E-state index in [4.69, 9.17) is 5.73 Å². The Morgan fingerprint density at radius 1 is 1.54 bits per heavy atom. The summed E-state index contributed by atoms with van der Waals surface area (Å²) in [6.45, 7) is 5.94. The highest BCUT2D eigenvalue weighted by atomic mass is 32.2. The Morgan fingerprint density at radius 3 is 2.69 bits per heavy atom. The average molecular weight is 199 g/mol. The summed E-state index contributed by atoms with van der Waals surface area (Å²) in [6, 6.07) is 0.322. The maximum Gasteiger partial charge on any atom is 0.0167 e. The minimum atomic E-state index is 0.322. The quantitative estimate of drug-likeness (QED) is 0.689. The van der Waals surface area contributed by atoms with Crippen molar-refractivity contribution >= 4 is 11.8 Å². The second-order valence-electron chi connectivity index (χ2n) is 4.16. The van der Waals surface area contributed by atoms with Crippen molar-refractivity contribution in [3.05, 3.63) is 12.2 Å². The summed E-state index contributed by atoms with van der Waals surface area (Å²) >= 11 is 2.07. The SMILES string of the molecule is C=C(C)CC(N)CSC1CCCC1. The van der Waals surface area contributed by atoms with Gasteiger partial charge in [-0.3, -0.25) is 0 Å². The van der Waals surface area contributed by atoms with Crippen LogP contribution in [0.25, 0.3) is 0 Å². The fourth-order valence-electron chi connectivity index (χ4n) is 1.82. The molecule has 1 aliphatic rings. The number of rotatable bonds is 5. The minimum absolute atomic E-state index is 0.322. The number of hydrogen-bond donors (Lipinski definition) is 1. The second kappa shape index (κ2) is 5.71. The first kappa shape index (κ1) is 11.1. The molecule has 1 atom stereocenters. The van der Waals surface area contributed by atoms with E-state index in [1.807, 2.05) is 0 Å². The molecule has 1 fully saturated rings. The molecule has 0 aromatic carbocycles. The second-order valence-corrected chi connectivity index (χ2v) is 5.49. The highest BCUT2D eigenvalue weighted by molar-refractivity contribution is 7.99. The largest absolute Gasteiger partial charge is 0.327 e. The molecule has 0 spiro atoms. The first-order valence-corrected chi connectivity index (χ1v) is 6.25. The molecule has 0 saturated heterocycles. The number of thioether (sulfide) groups is 1. The van der Waals surface area contributed by atoms with E-state index in [0.29, 0.717) is 6.04 Å². The van der Waals surface area contributed by atoms with Crippen LogP contribution >= 0.6 is 11.8 Å². The first-order valence-electron chi connectivity index (χ1n) is 5.20. The van der Waals surface area contributed by atoms with Crippen LogP contribution in [0.5, 0.6) is 0 Å². The zero-order valence-electron chi connectivity index (χ0n) is 8.59. The molecule has 0 radical (unpaired) electrons. The fraction of sp³-hybridized carbons (Fsp3) is 0.818.